The van der Waals surface area contributed by atoms with Crippen molar-refractivity contribution >= 4 is 17.9 Å². The Bertz CT molecular complexity index is 702. The van der Waals surface area contributed by atoms with E-state index >= 15 is 0 Å². The molecule has 1 aliphatic rings. The number of likely N-dealkylation sites (tertiary alicyclic amines) is 1. The fourth-order valence-electron chi connectivity index (χ4n) is 2.46. The molecule has 0 bridgehead atoms. The first-order valence-electron chi connectivity index (χ1n) is 7.50. The average Bonchev–Trinajstić information content (AvgIpc) is 3.27. The predicted molar refractivity (Wildman–Crippen MR) is 84.2 cm³/mol. The van der Waals surface area contributed by atoms with Gasteiger partial charge in [-0.05, 0) is 42.7 Å². The van der Waals surface area contributed by atoms with Crippen LogP contribution in [0.5, 0.6) is 0 Å². The topological polar surface area (TPSA) is 75.4 Å². The number of aromatic nitrogens is 1. The Kier molecular flexibility index (Phi) is 4.52. The van der Waals surface area contributed by atoms with Gasteiger partial charge in [-0.2, -0.15) is 0 Å². The summed E-state index contributed by atoms with van der Waals surface area (Å²) in [7, 11) is 0. The largest absolute Gasteiger partial charge is 0.459 e. The number of hydrogen-bond acceptors (Lipinski definition) is 4. The van der Waals surface area contributed by atoms with Crippen LogP contribution in [0.25, 0.3) is 6.08 Å². The van der Waals surface area contributed by atoms with Crippen molar-refractivity contribution < 1.29 is 14.0 Å². The number of hydrogen-bond donors (Lipinski definition) is 1. The number of nitrogens with one attached hydrogen (secondary N) is 1. The molecule has 0 radical (unpaired) electrons. The van der Waals surface area contributed by atoms with E-state index in [1.165, 1.54) is 6.26 Å². The van der Waals surface area contributed by atoms with Gasteiger partial charge in [0.05, 0.1) is 6.26 Å². The molecule has 6 nitrogen and oxygen atoms in total. The van der Waals surface area contributed by atoms with Gasteiger partial charge in [-0.1, -0.05) is 6.07 Å². The van der Waals surface area contributed by atoms with Gasteiger partial charge in [0.25, 0.3) is 11.8 Å². The van der Waals surface area contributed by atoms with Crippen molar-refractivity contribution in [3.05, 3.63) is 59.9 Å². The highest BCUT2D eigenvalue weighted by molar-refractivity contribution is 6.04. The molecule has 6 heteroatoms. The third-order valence-corrected chi connectivity index (χ3v) is 3.61. The number of carbonyl (C=O) groups is 2. The summed E-state index contributed by atoms with van der Waals surface area (Å²) in [5, 5.41) is 2.65. The minimum atomic E-state index is -0.447. The third-order valence-electron chi connectivity index (χ3n) is 3.61. The standard InChI is InChI=1S/C17H17N3O3/c21-16(15-6-4-10-23-15)19-14(11-13-5-3-7-18-12-13)17(22)20-8-1-2-9-20/h3-7,10-12H,1-2,8-9H2,(H,19,21)/b14-11+. The molecule has 1 fully saturated rings. The van der Waals surface area contributed by atoms with Crippen molar-refractivity contribution in [2.75, 3.05) is 13.1 Å². The number of pyridine rings is 1. The summed E-state index contributed by atoms with van der Waals surface area (Å²) in [5.41, 5.74) is 0.969. The fraction of sp³-hybridized carbons (Fsp3) is 0.235. The lowest BCUT2D eigenvalue weighted by molar-refractivity contribution is -0.126. The molecule has 0 aliphatic carbocycles. The molecule has 3 rings (SSSR count). The molecule has 118 valence electrons. The average molecular weight is 311 g/mol. The Morgan fingerprint density at radius 3 is 2.70 bits per heavy atom. The van der Waals surface area contributed by atoms with Crippen molar-refractivity contribution in [1.29, 1.82) is 0 Å². The summed E-state index contributed by atoms with van der Waals surface area (Å²) in [6.45, 7) is 1.42. The van der Waals surface area contributed by atoms with E-state index in [0.29, 0.717) is 13.1 Å². The van der Waals surface area contributed by atoms with Gasteiger partial charge in [0.15, 0.2) is 5.76 Å². The van der Waals surface area contributed by atoms with Crippen LogP contribution in [0.2, 0.25) is 0 Å². The Labute approximate surface area is 133 Å². The molecule has 23 heavy (non-hydrogen) atoms. The van der Waals surface area contributed by atoms with Gasteiger partial charge in [0.2, 0.25) is 0 Å². The van der Waals surface area contributed by atoms with E-state index in [1.807, 2.05) is 6.07 Å². The Morgan fingerprint density at radius 2 is 2.04 bits per heavy atom. The van der Waals surface area contributed by atoms with Crippen molar-refractivity contribution in [3.8, 4) is 0 Å². The highest BCUT2D eigenvalue weighted by atomic mass is 16.3. The lowest BCUT2D eigenvalue weighted by atomic mass is 10.2. The van der Waals surface area contributed by atoms with Crippen LogP contribution >= 0.6 is 0 Å². The van der Waals surface area contributed by atoms with Crippen LogP contribution in [0.3, 0.4) is 0 Å². The van der Waals surface area contributed by atoms with E-state index in [1.54, 1.807) is 41.6 Å². The Morgan fingerprint density at radius 1 is 1.22 bits per heavy atom. The predicted octanol–water partition coefficient (Wildman–Crippen LogP) is 2.07. The van der Waals surface area contributed by atoms with Crippen LogP contribution in [0.1, 0.15) is 29.0 Å². The Balaban J connectivity index is 1.85. The molecule has 1 N–H and O–H groups in total. The summed E-state index contributed by atoms with van der Waals surface area (Å²) in [5.74, 6) is -0.472. The minimum absolute atomic E-state index is 0.163. The lowest BCUT2D eigenvalue weighted by Crippen LogP contribution is -2.36. The number of amides is 2. The van der Waals surface area contributed by atoms with Crippen molar-refractivity contribution in [2.24, 2.45) is 0 Å². The molecule has 1 aliphatic heterocycles. The highest BCUT2D eigenvalue weighted by Gasteiger charge is 2.23. The van der Waals surface area contributed by atoms with Crippen LogP contribution in [-0.4, -0.2) is 34.8 Å². The second-order valence-corrected chi connectivity index (χ2v) is 5.28. The number of nitrogens with zero attached hydrogens (tertiary/aromatic N) is 2. The first-order chi connectivity index (χ1) is 11.2. The van der Waals surface area contributed by atoms with E-state index < -0.39 is 5.91 Å². The molecule has 0 spiro atoms. The lowest BCUT2D eigenvalue weighted by Gasteiger charge is -2.18. The quantitative estimate of drug-likeness (QED) is 0.877. The maximum atomic E-state index is 12.6. The summed E-state index contributed by atoms with van der Waals surface area (Å²) < 4.78 is 5.08. The van der Waals surface area contributed by atoms with Crippen LogP contribution < -0.4 is 5.32 Å². The third kappa shape index (κ3) is 3.66. The molecular weight excluding hydrogens is 294 g/mol. The van der Waals surface area contributed by atoms with Crippen molar-refractivity contribution in [3.63, 3.8) is 0 Å². The SMILES string of the molecule is O=C(N/C(=C/c1cccnc1)C(=O)N1CCCC1)c1ccco1. The molecule has 0 atom stereocenters. The molecule has 0 unspecified atom stereocenters. The molecule has 1 saturated heterocycles. The van der Waals surface area contributed by atoms with Gasteiger partial charge in [-0.15, -0.1) is 0 Å². The first-order valence-corrected chi connectivity index (χ1v) is 7.50. The van der Waals surface area contributed by atoms with Crippen LogP contribution in [0.15, 0.2) is 53.0 Å². The molecule has 0 saturated carbocycles. The first kappa shape index (κ1) is 15.0. The maximum absolute atomic E-state index is 12.6. The van der Waals surface area contributed by atoms with Gasteiger partial charge >= 0.3 is 0 Å². The van der Waals surface area contributed by atoms with E-state index in [9.17, 15) is 9.59 Å². The van der Waals surface area contributed by atoms with Crippen molar-refractivity contribution in [2.45, 2.75) is 12.8 Å². The minimum Gasteiger partial charge on any atom is -0.459 e. The van der Waals surface area contributed by atoms with E-state index in [-0.39, 0.29) is 17.4 Å². The van der Waals surface area contributed by atoms with E-state index in [0.717, 1.165) is 18.4 Å². The summed E-state index contributed by atoms with van der Waals surface area (Å²) in [6, 6.07) is 6.78. The van der Waals surface area contributed by atoms with E-state index in [4.69, 9.17) is 4.42 Å². The van der Waals surface area contributed by atoms with Crippen LogP contribution in [0.4, 0.5) is 0 Å². The van der Waals surface area contributed by atoms with Gasteiger partial charge in [-0.25, -0.2) is 0 Å². The second-order valence-electron chi connectivity index (χ2n) is 5.28. The summed E-state index contributed by atoms with van der Waals surface area (Å²) >= 11 is 0. The smallest absolute Gasteiger partial charge is 0.291 e. The number of furan rings is 1. The fourth-order valence-corrected chi connectivity index (χ4v) is 2.46. The highest BCUT2D eigenvalue weighted by Crippen LogP contribution is 2.13. The van der Waals surface area contributed by atoms with E-state index in [2.05, 4.69) is 10.3 Å². The molecular formula is C17H17N3O3. The van der Waals surface area contributed by atoms with Crippen LogP contribution in [-0.2, 0) is 4.79 Å². The Hall–Kier alpha value is -2.89. The zero-order chi connectivity index (χ0) is 16.1. The zero-order valence-corrected chi connectivity index (χ0v) is 12.6. The molecule has 0 aromatic carbocycles. The van der Waals surface area contributed by atoms with Crippen molar-refractivity contribution in [1.82, 2.24) is 15.2 Å². The summed E-state index contributed by atoms with van der Waals surface area (Å²) in [4.78, 5) is 30.6. The van der Waals surface area contributed by atoms with Gasteiger partial charge in [-0.3, -0.25) is 14.6 Å². The molecule has 2 aromatic rings. The monoisotopic (exact) mass is 311 g/mol. The molecule has 2 aromatic heterocycles. The van der Waals surface area contributed by atoms with Gasteiger partial charge in [0, 0.05) is 25.5 Å². The molecule has 2 amide bonds. The van der Waals surface area contributed by atoms with Gasteiger partial charge in [0.1, 0.15) is 5.70 Å². The normalized spacial score (nSPS) is 14.8. The zero-order valence-electron chi connectivity index (χ0n) is 12.6. The second kappa shape index (κ2) is 6.91. The molecule has 3 heterocycles. The summed E-state index contributed by atoms with van der Waals surface area (Å²) in [6.07, 6.45) is 8.31. The van der Waals surface area contributed by atoms with Gasteiger partial charge < -0.3 is 14.6 Å². The number of rotatable bonds is 4. The number of carbonyl (C=O) groups excluding carboxylic acids is 2. The van der Waals surface area contributed by atoms with Crippen LogP contribution in [0, 0.1) is 0 Å². The maximum Gasteiger partial charge on any atom is 0.291 e.